The average molecular weight is 349 g/mol. The van der Waals surface area contributed by atoms with E-state index in [1.54, 1.807) is 13.0 Å². The molecule has 0 aliphatic rings. The molecule has 0 heterocycles. The molecular formula is C14H32O4Si3. The molecule has 0 aliphatic heterocycles. The Kier molecular flexibility index (Phi) is 8.95. The van der Waals surface area contributed by atoms with E-state index in [9.17, 15) is 4.79 Å². The van der Waals surface area contributed by atoms with Gasteiger partial charge in [0.05, 0.1) is 6.61 Å². The molecule has 0 saturated heterocycles. The lowest BCUT2D eigenvalue weighted by Gasteiger charge is -2.30. The van der Waals surface area contributed by atoms with Gasteiger partial charge in [0.15, 0.2) is 22.9 Å². The molecule has 0 unspecified atom stereocenters. The lowest BCUT2D eigenvalue weighted by Crippen LogP contribution is -2.39. The van der Waals surface area contributed by atoms with Gasteiger partial charge in [0.25, 0.3) is 0 Å². The normalized spacial score (nSPS) is 13.8. The van der Waals surface area contributed by atoms with Crippen LogP contribution < -0.4 is 0 Å². The van der Waals surface area contributed by atoms with Crippen LogP contribution in [0.3, 0.4) is 0 Å². The summed E-state index contributed by atoms with van der Waals surface area (Å²) in [7, 11) is -2.35. The van der Waals surface area contributed by atoms with Gasteiger partial charge in [0.1, 0.15) is 0 Å². The van der Waals surface area contributed by atoms with Crippen LogP contribution in [-0.4, -0.2) is 45.7 Å². The molecule has 7 heteroatoms. The van der Waals surface area contributed by atoms with Crippen LogP contribution in [0.2, 0.25) is 45.3 Å². The van der Waals surface area contributed by atoms with Gasteiger partial charge in [0.2, 0.25) is 0 Å². The van der Waals surface area contributed by atoms with Crippen molar-refractivity contribution in [3.05, 3.63) is 11.6 Å². The summed E-state index contributed by atoms with van der Waals surface area (Å²) in [5.74, 6) is -0.270. The molecule has 0 aromatic heterocycles. The Morgan fingerprint density at radius 1 is 1.10 bits per heavy atom. The molecule has 124 valence electrons. The van der Waals surface area contributed by atoms with Crippen LogP contribution in [0.4, 0.5) is 0 Å². The molecule has 4 nitrogen and oxygen atoms in total. The molecule has 0 saturated carbocycles. The monoisotopic (exact) mass is 348 g/mol. The molecular weight excluding hydrogens is 316 g/mol. The quantitative estimate of drug-likeness (QED) is 0.211. The molecule has 0 aliphatic carbocycles. The number of carbonyl (C=O) groups excluding carboxylic acids is 1. The van der Waals surface area contributed by atoms with Crippen molar-refractivity contribution in [1.29, 1.82) is 0 Å². The largest absolute Gasteiger partial charge is 0.462 e. The molecule has 0 aromatic carbocycles. The van der Waals surface area contributed by atoms with E-state index >= 15 is 0 Å². The third-order valence-corrected chi connectivity index (χ3v) is 4.96. The van der Waals surface area contributed by atoms with Gasteiger partial charge in [-0.25, -0.2) is 4.79 Å². The predicted molar refractivity (Wildman–Crippen MR) is 96.7 cm³/mol. The van der Waals surface area contributed by atoms with Gasteiger partial charge in [-0.1, -0.05) is 6.04 Å². The highest BCUT2D eigenvalue weighted by molar-refractivity contribution is 6.70. The van der Waals surface area contributed by atoms with E-state index in [2.05, 4.69) is 39.3 Å². The molecule has 0 N–H and O–H groups in total. The molecule has 0 atom stereocenters. The van der Waals surface area contributed by atoms with Crippen LogP contribution >= 0.6 is 0 Å². The smallest absolute Gasteiger partial charge is 0.333 e. The van der Waals surface area contributed by atoms with E-state index in [0.29, 0.717) is 12.2 Å². The summed E-state index contributed by atoms with van der Waals surface area (Å²) >= 11 is 0. The first-order valence-corrected chi connectivity index (χ1v) is 15.9. The van der Waals surface area contributed by atoms with Gasteiger partial charge in [-0.2, -0.15) is 0 Å². The lowest BCUT2D eigenvalue weighted by molar-refractivity contribution is -0.139. The number of hydrogen-bond donors (Lipinski definition) is 0. The molecule has 0 bridgehead atoms. The third kappa shape index (κ3) is 12.1. The maximum atomic E-state index is 11.9. The molecule has 0 fully saturated rings. The lowest BCUT2D eigenvalue weighted by atomic mass is 10.3. The van der Waals surface area contributed by atoms with Crippen LogP contribution in [0.1, 0.15) is 13.3 Å². The van der Waals surface area contributed by atoms with Crippen molar-refractivity contribution in [3.63, 3.8) is 0 Å². The van der Waals surface area contributed by atoms with E-state index in [0.717, 1.165) is 22.7 Å². The average Bonchev–Trinajstić information content (AvgIpc) is 2.24. The van der Waals surface area contributed by atoms with Crippen molar-refractivity contribution in [1.82, 2.24) is 0 Å². The van der Waals surface area contributed by atoms with Crippen molar-refractivity contribution in [2.75, 3.05) is 6.61 Å². The van der Waals surface area contributed by atoms with Crippen LogP contribution in [0.5, 0.6) is 0 Å². The Morgan fingerprint density at radius 2 is 1.57 bits per heavy atom. The van der Waals surface area contributed by atoms with Gasteiger partial charge in [-0.3, -0.25) is 0 Å². The van der Waals surface area contributed by atoms with Gasteiger partial charge in [0, 0.05) is 15.8 Å². The first-order valence-electron chi connectivity index (χ1n) is 7.66. The van der Waals surface area contributed by atoms with Crippen LogP contribution in [0.25, 0.3) is 0 Å². The Balaban J connectivity index is 4.82. The first kappa shape index (κ1) is 20.8. The van der Waals surface area contributed by atoms with E-state index in [1.807, 2.05) is 0 Å². The van der Waals surface area contributed by atoms with Crippen molar-refractivity contribution < 1.29 is 18.4 Å². The minimum absolute atomic E-state index is 0.270. The predicted octanol–water partition coefficient (Wildman–Crippen LogP) is 2.68. The van der Waals surface area contributed by atoms with Gasteiger partial charge in [-0.05, 0) is 58.7 Å². The van der Waals surface area contributed by atoms with Crippen molar-refractivity contribution in [3.8, 4) is 0 Å². The van der Waals surface area contributed by atoms with Crippen molar-refractivity contribution in [2.45, 2.75) is 65.0 Å². The van der Waals surface area contributed by atoms with E-state index < -0.39 is 22.9 Å². The van der Waals surface area contributed by atoms with E-state index in [-0.39, 0.29) is 5.97 Å². The Bertz CT molecular complexity index is 340. The highest BCUT2D eigenvalue weighted by Crippen LogP contribution is 2.17. The minimum atomic E-state index is -1.75. The number of hydrogen-bond acceptors (Lipinski definition) is 4. The van der Waals surface area contributed by atoms with Crippen LogP contribution in [0.15, 0.2) is 11.6 Å². The zero-order chi connectivity index (χ0) is 16.7. The van der Waals surface area contributed by atoms with Crippen LogP contribution in [-0.2, 0) is 18.4 Å². The molecule has 21 heavy (non-hydrogen) atoms. The maximum absolute atomic E-state index is 11.9. The highest BCUT2D eigenvalue weighted by Gasteiger charge is 2.26. The summed E-state index contributed by atoms with van der Waals surface area (Å²) in [4.78, 5) is 11.9. The number of esters is 1. The number of ether oxygens (including phenoxy) is 1. The van der Waals surface area contributed by atoms with E-state index in [1.165, 1.54) is 0 Å². The first-order chi connectivity index (χ1) is 9.44. The summed E-state index contributed by atoms with van der Waals surface area (Å²) in [6.07, 6.45) is 2.26. The molecule has 0 spiro atoms. The topological polar surface area (TPSA) is 44.8 Å². The highest BCUT2D eigenvalue weighted by atomic mass is 28.4. The summed E-state index contributed by atoms with van der Waals surface area (Å²) < 4.78 is 17.3. The van der Waals surface area contributed by atoms with Gasteiger partial charge in [-0.15, -0.1) is 0 Å². The molecule has 0 rings (SSSR count). The van der Waals surface area contributed by atoms with Gasteiger partial charge < -0.3 is 13.6 Å². The fourth-order valence-electron chi connectivity index (χ4n) is 1.48. The summed E-state index contributed by atoms with van der Waals surface area (Å²) in [6, 6.07) is 1.15. The van der Waals surface area contributed by atoms with Crippen molar-refractivity contribution in [2.24, 2.45) is 0 Å². The standard InChI is InChI=1S/C14H32O4Si3/c1-12(14(15)16-9-8-10-19)11-13(17-20(2,3)4)18-21(5,6)7/h11,13H,8-10H2,1-7,19H3. The van der Waals surface area contributed by atoms with E-state index in [4.69, 9.17) is 13.6 Å². The Hall–Kier alpha value is -0.219. The second-order valence-electron chi connectivity index (χ2n) is 7.17. The fraction of sp³-hybridized carbons (Fsp3) is 0.786. The second kappa shape index (κ2) is 9.04. The fourth-order valence-corrected chi connectivity index (χ4v) is 3.50. The molecule has 0 radical (unpaired) electrons. The third-order valence-electron chi connectivity index (χ3n) is 2.38. The SMILES string of the molecule is CC(=CC(O[Si](C)(C)C)O[Si](C)(C)C)C(=O)OCCC[SiH3]. The number of carbonyl (C=O) groups is 1. The minimum Gasteiger partial charge on any atom is -0.462 e. The summed E-state index contributed by atoms with van der Waals surface area (Å²) in [5.41, 5.74) is 0.560. The Morgan fingerprint density at radius 3 is 1.95 bits per heavy atom. The summed E-state index contributed by atoms with van der Waals surface area (Å²) in [5, 5.41) is 0. The second-order valence-corrected chi connectivity index (χ2v) is 17.1. The van der Waals surface area contributed by atoms with Crippen molar-refractivity contribution >= 4 is 32.8 Å². The Labute approximate surface area is 134 Å². The van der Waals surface area contributed by atoms with Gasteiger partial charge >= 0.3 is 5.97 Å². The molecule has 0 amide bonds. The number of rotatable bonds is 9. The van der Waals surface area contributed by atoms with Crippen LogP contribution in [0, 0.1) is 0 Å². The molecule has 0 aromatic rings. The zero-order valence-corrected chi connectivity index (χ0v) is 18.9. The summed E-state index contributed by atoms with van der Waals surface area (Å²) in [6.45, 7) is 14.9. The maximum Gasteiger partial charge on any atom is 0.333 e. The zero-order valence-electron chi connectivity index (χ0n) is 14.9.